The van der Waals surface area contributed by atoms with Crippen LogP contribution in [0.25, 0.3) is 0 Å². The summed E-state index contributed by atoms with van der Waals surface area (Å²) < 4.78 is 0. The fourth-order valence-electron chi connectivity index (χ4n) is 2.15. The van der Waals surface area contributed by atoms with Crippen molar-refractivity contribution in [2.75, 3.05) is 13.6 Å². The molecular weight excluding hydrogens is 272 g/mol. The van der Waals surface area contributed by atoms with Crippen LogP contribution in [0.4, 0.5) is 0 Å². The van der Waals surface area contributed by atoms with E-state index in [1.165, 1.54) is 18.0 Å². The number of Topliss-reactive ketones (excluding diaryl/α,β-unsaturated/α-hetero) is 1. The molecule has 1 atom stereocenters. The largest absolute Gasteiger partial charge is 0.480 e. The summed E-state index contributed by atoms with van der Waals surface area (Å²) in [5.41, 5.74) is 3.60. The zero-order chi connectivity index (χ0) is 16.0. The Morgan fingerprint density at radius 2 is 2.29 bits per heavy atom. The molecule has 0 saturated carbocycles. The molecule has 21 heavy (non-hydrogen) atoms. The minimum absolute atomic E-state index is 0.174. The number of nitrogens with one attached hydrogen (secondary N) is 1. The average Bonchev–Trinajstić information content (AvgIpc) is 2.41. The van der Waals surface area contributed by atoms with Gasteiger partial charge in [0.05, 0.1) is 11.7 Å². The first-order chi connectivity index (χ1) is 9.90. The van der Waals surface area contributed by atoms with Crippen molar-refractivity contribution in [1.82, 2.24) is 10.4 Å². The predicted octanol–water partition coefficient (Wildman–Crippen LogP) is 0.798. The van der Waals surface area contributed by atoms with Gasteiger partial charge in [-0.1, -0.05) is 6.58 Å². The lowest BCUT2D eigenvalue weighted by Crippen LogP contribution is -2.40. The first-order valence-corrected chi connectivity index (χ1v) is 6.51. The summed E-state index contributed by atoms with van der Waals surface area (Å²) in [6, 6.07) is -0.377. The van der Waals surface area contributed by atoms with Crippen LogP contribution >= 0.6 is 0 Å². The molecule has 0 aromatic carbocycles. The molecular formula is C14H20N4O3. The molecule has 2 N–H and O–H groups in total. The van der Waals surface area contributed by atoms with E-state index in [-0.39, 0.29) is 18.4 Å². The second-order valence-electron chi connectivity index (χ2n) is 4.50. The van der Waals surface area contributed by atoms with Crippen molar-refractivity contribution < 1.29 is 14.7 Å². The SMILES string of the molecule is C=C/C(=C(/C(C)=O)[C@@H]1CC=NC(C)=N1)N(CC(=O)O)NC. The molecule has 1 rings (SSSR count). The Kier molecular flexibility index (Phi) is 5.98. The van der Waals surface area contributed by atoms with Crippen molar-refractivity contribution in [2.45, 2.75) is 26.3 Å². The summed E-state index contributed by atoms with van der Waals surface area (Å²) in [4.78, 5) is 31.4. The fraction of sp³-hybridized carbons (Fsp3) is 0.429. The second kappa shape index (κ2) is 7.49. The molecule has 114 valence electrons. The average molecular weight is 292 g/mol. The van der Waals surface area contributed by atoms with E-state index in [2.05, 4.69) is 22.0 Å². The number of aliphatic imine (C=N–C) groups is 2. The molecule has 0 aromatic rings. The summed E-state index contributed by atoms with van der Waals surface area (Å²) in [5, 5.41) is 10.3. The summed E-state index contributed by atoms with van der Waals surface area (Å²) >= 11 is 0. The van der Waals surface area contributed by atoms with Gasteiger partial charge in [-0.2, -0.15) is 0 Å². The van der Waals surface area contributed by atoms with Crippen LogP contribution in [0.5, 0.6) is 0 Å². The number of carboxylic acids is 1. The highest BCUT2D eigenvalue weighted by Gasteiger charge is 2.25. The highest BCUT2D eigenvalue weighted by molar-refractivity contribution is 5.98. The highest BCUT2D eigenvalue weighted by Crippen LogP contribution is 2.21. The van der Waals surface area contributed by atoms with Gasteiger partial charge in [0.2, 0.25) is 0 Å². The number of carbonyl (C=O) groups is 2. The zero-order valence-corrected chi connectivity index (χ0v) is 12.5. The number of allylic oxidation sites excluding steroid dienone is 1. The molecule has 0 unspecified atom stereocenters. The Morgan fingerprint density at radius 3 is 2.71 bits per heavy atom. The molecule has 0 fully saturated rings. The van der Waals surface area contributed by atoms with Crippen molar-refractivity contribution in [1.29, 1.82) is 0 Å². The Bertz CT molecular complexity index is 534. The molecule has 0 amide bonds. The van der Waals surface area contributed by atoms with Gasteiger partial charge in [0.25, 0.3) is 0 Å². The lowest BCUT2D eigenvalue weighted by molar-refractivity contribution is -0.138. The van der Waals surface area contributed by atoms with Gasteiger partial charge in [0.15, 0.2) is 5.78 Å². The van der Waals surface area contributed by atoms with E-state index in [9.17, 15) is 9.59 Å². The molecule has 7 nitrogen and oxygen atoms in total. The Labute approximate surface area is 123 Å². The second-order valence-corrected chi connectivity index (χ2v) is 4.50. The van der Waals surface area contributed by atoms with Crippen LogP contribution in [-0.2, 0) is 9.59 Å². The zero-order valence-electron chi connectivity index (χ0n) is 12.5. The van der Waals surface area contributed by atoms with Crippen LogP contribution < -0.4 is 5.43 Å². The monoisotopic (exact) mass is 292 g/mol. The number of ketones is 1. The van der Waals surface area contributed by atoms with Crippen molar-refractivity contribution >= 4 is 23.8 Å². The number of rotatable bonds is 7. The van der Waals surface area contributed by atoms with E-state index in [4.69, 9.17) is 5.11 Å². The molecule has 1 heterocycles. The number of aliphatic carboxylic acids is 1. The number of nitrogens with zero attached hydrogens (tertiary/aromatic N) is 3. The van der Waals surface area contributed by atoms with E-state index in [1.807, 2.05) is 0 Å². The van der Waals surface area contributed by atoms with Crippen LogP contribution in [-0.4, -0.2) is 53.6 Å². The van der Waals surface area contributed by atoms with Gasteiger partial charge in [-0.15, -0.1) is 0 Å². The number of carbonyl (C=O) groups excluding carboxylic acids is 1. The number of carboxylic acid groups (broad SMARTS) is 1. The Morgan fingerprint density at radius 1 is 1.62 bits per heavy atom. The van der Waals surface area contributed by atoms with Crippen LogP contribution in [0.2, 0.25) is 0 Å². The Balaban J connectivity index is 3.30. The first kappa shape index (κ1) is 16.8. The van der Waals surface area contributed by atoms with E-state index in [0.29, 0.717) is 23.5 Å². The summed E-state index contributed by atoms with van der Waals surface area (Å²) in [7, 11) is 1.58. The Hall–Kier alpha value is -2.28. The maximum atomic E-state index is 12.0. The minimum atomic E-state index is -1.02. The van der Waals surface area contributed by atoms with Crippen molar-refractivity contribution in [3.63, 3.8) is 0 Å². The van der Waals surface area contributed by atoms with Crippen LogP contribution in [0.1, 0.15) is 20.3 Å². The predicted molar refractivity (Wildman–Crippen MR) is 81.3 cm³/mol. The molecule has 0 spiro atoms. The van der Waals surface area contributed by atoms with E-state index < -0.39 is 5.97 Å². The van der Waals surface area contributed by atoms with Gasteiger partial charge in [-0.25, -0.2) is 10.4 Å². The first-order valence-electron chi connectivity index (χ1n) is 6.51. The number of amidine groups is 1. The van der Waals surface area contributed by atoms with Gasteiger partial charge in [0.1, 0.15) is 12.4 Å². The molecule has 0 radical (unpaired) electrons. The summed E-state index contributed by atoms with van der Waals surface area (Å²) in [6.45, 7) is 6.58. The van der Waals surface area contributed by atoms with Crippen LogP contribution in [0.3, 0.4) is 0 Å². The minimum Gasteiger partial charge on any atom is -0.480 e. The van der Waals surface area contributed by atoms with Gasteiger partial charge in [-0.05, 0) is 19.9 Å². The summed E-state index contributed by atoms with van der Waals surface area (Å²) in [5.74, 6) is -0.605. The van der Waals surface area contributed by atoms with Crippen molar-refractivity contribution in [3.8, 4) is 0 Å². The lowest BCUT2D eigenvalue weighted by atomic mass is 9.97. The van der Waals surface area contributed by atoms with E-state index in [0.717, 1.165) is 0 Å². The number of hydrazine groups is 1. The van der Waals surface area contributed by atoms with Crippen molar-refractivity contribution in [3.05, 3.63) is 23.9 Å². The molecule has 7 heteroatoms. The van der Waals surface area contributed by atoms with Crippen LogP contribution in [0.15, 0.2) is 33.9 Å². The number of hydrogen-bond acceptors (Lipinski definition) is 6. The molecule has 0 aliphatic carbocycles. The molecule has 1 aliphatic heterocycles. The molecule has 0 aromatic heterocycles. The fourth-order valence-corrected chi connectivity index (χ4v) is 2.15. The van der Waals surface area contributed by atoms with E-state index >= 15 is 0 Å². The third kappa shape index (κ3) is 4.35. The third-order valence-electron chi connectivity index (χ3n) is 2.99. The highest BCUT2D eigenvalue weighted by atomic mass is 16.4. The topological polar surface area (TPSA) is 94.4 Å². The normalized spacial score (nSPS) is 18.6. The van der Waals surface area contributed by atoms with Crippen LogP contribution in [0, 0.1) is 0 Å². The van der Waals surface area contributed by atoms with Gasteiger partial charge in [-0.3, -0.25) is 19.6 Å². The number of hydrogen-bond donors (Lipinski definition) is 2. The summed E-state index contributed by atoms with van der Waals surface area (Å²) in [6.07, 6.45) is 3.67. The standard InChI is InChI=1S/C14H20N4O3/c1-5-12(18(15-4)8-13(20)21)14(9(2)19)11-6-7-16-10(3)17-11/h5,7,11,15H,1,6,8H2,2-4H3,(H,20,21)/b14-12+/t11-/m0/s1. The third-order valence-corrected chi connectivity index (χ3v) is 2.99. The molecule has 1 aliphatic rings. The lowest BCUT2D eigenvalue weighted by Gasteiger charge is -2.27. The smallest absolute Gasteiger partial charge is 0.324 e. The van der Waals surface area contributed by atoms with E-state index in [1.54, 1.807) is 20.2 Å². The van der Waals surface area contributed by atoms with Gasteiger partial charge in [0, 0.05) is 25.3 Å². The molecule has 0 bridgehead atoms. The quantitative estimate of drug-likeness (QED) is 0.411. The van der Waals surface area contributed by atoms with Gasteiger partial charge < -0.3 is 5.11 Å². The maximum Gasteiger partial charge on any atom is 0.324 e. The molecule has 0 saturated heterocycles. The maximum absolute atomic E-state index is 12.0. The van der Waals surface area contributed by atoms with Gasteiger partial charge >= 0.3 is 5.97 Å². The van der Waals surface area contributed by atoms with Crippen molar-refractivity contribution in [2.24, 2.45) is 9.98 Å².